The van der Waals surface area contributed by atoms with Crippen LogP contribution in [-0.4, -0.2) is 36.6 Å². The van der Waals surface area contributed by atoms with Crippen molar-refractivity contribution in [2.75, 3.05) is 26.2 Å². The van der Waals surface area contributed by atoms with E-state index in [4.69, 9.17) is 0 Å². The molecule has 94 valence electrons. The van der Waals surface area contributed by atoms with Gasteiger partial charge in [-0.05, 0) is 58.0 Å². The second kappa shape index (κ2) is 4.66. The Balaban J connectivity index is 1.88. The number of rotatable bonds is 4. The maximum Gasteiger partial charge on any atom is 0.0252 e. The lowest BCUT2D eigenvalue weighted by Gasteiger charge is -2.32. The first-order chi connectivity index (χ1) is 7.55. The van der Waals surface area contributed by atoms with Crippen LogP contribution in [0, 0.1) is 5.41 Å². The van der Waals surface area contributed by atoms with Crippen molar-refractivity contribution >= 4 is 0 Å². The van der Waals surface area contributed by atoms with Crippen molar-refractivity contribution in [1.29, 1.82) is 0 Å². The predicted molar refractivity (Wildman–Crippen MR) is 69.7 cm³/mol. The molecule has 2 nitrogen and oxygen atoms in total. The molecule has 0 bridgehead atoms. The van der Waals surface area contributed by atoms with Gasteiger partial charge in [0.1, 0.15) is 0 Å². The smallest absolute Gasteiger partial charge is 0.0252 e. The molecular formula is C14H28N2. The third-order valence-corrected chi connectivity index (χ3v) is 4.17. The van der Waals surface area contributed by atoms with Gasteiger partial charge in [-0.3, -0.25) is 0 Å². The molecule has 1 heterocycles. The average Bonchev–Trinajstić information content (AvgIpc) is 2.93. The summed E-state index contributed by atoms with van der Waals surface area (Å²) in [5.41, 5.74) is 1.02. The SMILES string of the molecule is CCCC1(CN2CCCNC(C)(C)C2)CC1. The van der Waals surface area contributed by atoms with Gasteiger partial charge in [0.25, 0.3) is 0 Å². The summed E-state index contributed by atoms with van der Waals surface area (Å²) in [4.78, 5) is 2.71. The van der Waals surface area contributed by atoms with Crippen molar-refractivity contribution in [3.8, 4) is 0 Å². The average molecular weight is 224 g/mol. The quantitative estimate of drug-likeness (QED) is 0.790. The first-order valence-corrected chi connectivity index (χ1v) is 7.03. The van der Waals surface area contributed by atoms with Gasteiger partial charge in [0, 0.05) is 18.6 Å². The third kappa shape index (κ3) is 3.21. The Morgan fingerprint density at radius 1 is 1.25 bits per heavy atom. The van der Waals surface area contributed by atoms with Gasteiger partial charge in [0.15, 0.2) is 0 Å². The minimum atomic E-state index is 0.304. The van der Waals surface area contributed by atoms with Crippen LogP contribution in [0.3, 0.4) is 0 Å². The zero-order valence-electron chi connectivity index (χ0n) is 11.3. The molecule has 0 radical (unpaired) electrons. The molecule has 2 aliphatic rings. The maximum absolute atomic E-state index is 3.65. The second-order valence-corrected chi connectivity index (χ2v) is 6.62. The van der Waals surface area contributed by atoms with E-state index in [0.29, 0.717) is 5.54 Å². The fraction of sp³-hybridized carbons (Fsp3) is 1.00. The molecule has 0 spiro atoms. The van der Waals surface area contributed by atoms with Crippen molar-refractivity contribution in [2.24, 2.45) is 5.41 Å². The van der Waals surface area contributed by atoms with Gasteiger partial charge < -0.3 is 10.2 Å². The zero-order chi connectivity index (χ0) is 11.6. The van der Waals surface area contributed by atoms with Crippen molar-refractivity contribution in [3.05, 3.63) is 0 Å². The molecule has 1 N–H and O–H groups in total. The van der Waals surface area contributed by atoms with Crippen LogP contribution in [-0.2, 0) is 0 Å². The Kier molecular flexibility index (Phi) is 3.60. The maximum atomic E-state index is 3.65. The molecule has 2 heteroatoms. The van der Waals surface area contributed by atoms with Crippen molar-refractivity contribution in [1.82, 2.24) is 10.2 Å². The first kappa shape index (κ1) is 12.4. The summed E-state index contributed by atoms with van der Waals surface area (Å²) in [6.45, 7) is 12.1. The van der Waals surface area contributed by atoms with Crippen LogP contribution in [0.1, 0.15) is 52.9 Å². The molecule has 0 amide bonds. The Labute approximate surface area is 101 Å². The first-order valence-electron chi connectivity index (χ1n) is 7.03. The van der Waals surface area contributed by atoms with Crippen LogP contribution in [0.15, 0.2) is 0 Å². The lowest BCUT2D eigenvalue weighted by molar-refractivity contribution is 0.185. The highest BCUT2D eigenvalue weighted by Gasteiger charge is 2.43. The largest absolute Gasteiger partial charge is 0.310 e. The fourth-order valence-electron chi connectivity index (χ4n) is 3.23. The number of hydrogen-bond acceptors (Lipinski definition) is 2. The Hall–Kier alpha value is -0.0800. The van der Waals surface area contributed by atoms with Crippen LogP contribution >= 0.6 is 0 Å². The van der Waals surface area contributed by atoms with E-state index in [-0.39, 0.29) is 0 Å². The summed E-state index contributed by atoms with van der Waals surface area (Å²) in [6.07, 6.45) is 7.06. The molecule has 1 saturated heterocycles. The van der Waals surface area contributed by atoms with Crippen LogP contribution < -0.4 is 5.32 Å². The zero-order valence-corrected chi connectivity index (χ0v) is 11.3. The van der Waals surface area contributed by atoms with E-state index in [2.05, 4.69) is 31.0 Å². The minimum absolute atomic E-state index is 0.304. The Bertz CT molecular complexity index is 231. The standard InChI is InChI=1S/C14H28N2/c1-4-6-14(7-8-14)12-16-10-5-9-15-13(2,3)11-16/h15H,4-12H2,1-3H3. The molecule has 2 fully saturated rings. The number of nitrogens with one attached hydrogen (secondary N) is 1. The summed E-state index contributed by atoms with van der Waals surface area (Å²) in [5, 5.41) is 3.65. The highest BCUT2D eigenvalue weighted by molar-refractivity contribution is 4.97. The number of nitrogens with zero attached hydrogens (tertiary/aromatic N) is 1. The monoisotopic (exact) mass is 224 g/mol. The molecular weight excluding hydrogens is 196 g/mol. The molecule has 16 heavy (non-hydrogen) atoms. The van der Waals surface area contributed by atoms with Gasteiger partial charge in [-0.15, -0.1) is 0 Å². The predicted octanol–water partition coefficient (Wildman–Crippen LogP) is 2.64. The van der Waals surface area contributed by atoms with Gasteiger partial charge in [0.05, 0.1) is 0 Å². The van der Waals surface area contributed by atoms with Gasteiger partial charge in [-0.2, -0.15) is 0 Å². The Morgan fingerprint density at radius 2 is 2.00 bits per heavy atom. The summed E-state index contributed by atoms with van der Waals surface area (Å²) < 4.78 is 0. The van der Waals surface area contributed by atoms with Crippen molar-refractivity contribution in [2.45, 2.75) is 58.4 Å². The molecule has 1 saturated carbocycles. The van der Waals surface area contributed by atoms with Gasteiger partial charge >= 0.3 is 0 Å². The molecule has 0 aromatic carbocycles. The van der Waals surface area contributed by atoms with Gasteiger partial charge in [-0.25, -0.2) is 0 Å². The van der Waals surface area contributed by atoms with E-state index in [9.17, 15) is 0 Å². The summed E-state index contributed by atoms with van der Waals surface area (Å²) in [7, 11) is 0. The summed E-state index contributed by atoms with van der Waals surface area (Å²) in [6, 6.07) is 0. The van der Waals surface area contributed by atoms with Crippen molar-refractivity contribution in [3.63, 3.8) is 0 Å². The molecule has 0 atom stereocenters. The lowest BCUT2D eigenvalue weighted by atomic mass is 9.98. The lowest BCUT2D eigenvalue weighted by Crippen LogP contribution is -2.47. The molecule has 2 rings (SSSR count). The van der Waals surface area contributed by atoms with E-state index < -0.39 is 0 Å². The fourth-order valence-corrected chi connectivity index (χ4v) is 3.23. The molecule has 1 aliphatic heterocycles. The van der Waals surface area contributed by atoms with Crippen molar-refractivity contribution < 1.29 is 0 Å². The van der Waals surface area contributed by atoms with Crippen LogP contribution in [0.25, 0.3) is 0 Å². The highest BCUT2D eigenvalue weighted by atomic mass is 15.2. The molecule has 0 unspecified atom stereocenters. The molecule has 0 aromatic heterocycles. The van der Waals surface area contributed by atoms with Crippen LogP contribution in [0.2, 0.25) is 0 Å². The minimum Gasteiger partial charge on any atom is -0.310 e. The highest BCUT2D eigenvalue weighted by Crippen LogP contribution is 2.50. The molecule has 0 aromatic rings. The van der Waals surface area contributed by atoms with E-state index >= 15 is 0 Å². The third-order valence-electron chi connectivity index (χ3n) is 4.17. The summed E-state index contributed by atoms with van der Waals surface area (Å²) in [5.74, 6) is 0. The van der Waals surface area contributed by atoms with E-state index in [0.717, 1.165) is 5.41 Å². The number of hydrogen-bond donors (Lipinski definition) is 1. The Morgan fingerprint density at radius 3 is 2.62 bits per heavy atom. The van der Waals surface area contributed by atoms with Crippen LogP contribution in [0.4, 0.5) is 0 Å². The van der Waals surface area contributed by atoms with Crippen LogP contribution in [0.5, 0.6) is 0 Å². The summed E-state index contributed by atoms with van der Waals surface area (Å²) >= 11 is 0. The van der Waals surface area contributed by atoms with E-state index in [1.165, 1.54) is 58.3 Å². The molecule has 1 aliphatic carbocycles. The van der Waals surface area contributed by atoms with E-state index in [1.807, 2.05) is 0 Å². The topological polar surface area (TPSA) is 15.3 Å². The normalized spacial score (nSPS) is 28.7. The van der Waals surface area contributed by atoms with E-state index in [1.54, 1.807) is 0 Å². The van der Waals surface area contributed by atoms with Gasteiger partial charge in [0.2, 0.25) is 0 Å². The van der Waals surface area contributed by atoms with Gasteiger partial charge in [-0.1, -0.05) is 13.3 Å². The second-order valence-electron chi connectivity index (χ2n) is 6.62.